The summed E-state index contributed by atoms with van der Waals surface area (Å²) in [4.78, 5) is 26.8. The van der Waals surface area contributed by atoms with Crippen molar-refractivity contribution in [3.63, 3.8) is 0 Å². The van der Waals surface area contributed by atoms with Crippen LogP contribution in [0.2, 0.25) is 5.28 Å². The number of imidazole rings is 2. The van der Waals surface area contributed by atoms with Crippen molar-refractivity contribution in [1.29, 1.82) is 0 Å². The van der Waals surface area contributed by atoms with Gasteiger partial charge in [-0.25, -0.2) is 9.97 Å². The molecule has 0 aliphatic heterocycles. The van der Waals surface area contributed by atoms with Crippen LogP contribution in [0.5, 0.6) is 0 Å². The summed E-state index contributed by atoms with van der Waals surface area (Å²) in [5.41, 5.74) is 27.5. The number of halogens is 1. The zero-order valence-electron chi connectivity index (χ0n) is 39.3. The quantitative estimate of drug-likeness (QED) is 0.0638. The van der Waals surface area contributed by atoms with Gasteiger partial charge in [0.2, 0.25) is 11.2 Å². The number of hydrogen-bond donors (Lipinski definition) is 7. The standard InChI is InChI=1S/C25H29N7.C19H16ClN5.C6H14N2.C2H6O/c1-32-16-28-22-23(30-25(31-24(22)32)29-21-13-11-20(26)12-14-21)27-15-17-7-9-19(10-8-17)18-5-3-2-4-6-18;1-25-12-22-16-17(23-19(20)24-18(16)25)21-11-13-7-9-15(10-8-13)14-5-3-2-4-6-14;7-5-1-2-6(8)4-3-5;1-2-3/h2-10,16,20-21H,11-15,26H2,1H3,(H2,27,29,30,31);2-10,12H,11H2,1H3,(H,21,23,24);5-6H,1-4,7-8H2;3H,2H2,1H3. The third-order valence-electron chi connectivity index (χ3n) is 12.1. The molecule has 0 bridgehead atoms. The zero-order chi connectivity index (χ0) is 47.8. The lowest BCUT2D eigenvalue weighted by Gasteiger charge is -2.26. The summed E-state index contributed by atoms with van der Waals surface area (Å²) in [6.07, 6.45) is 12.2. The van der Waals surface area contributed by atoms with E-state index >= 15 is 0 Å². The van der Waals surface area contributed by atoms with Crippen molar-refractivity contribution >= 4 is 51.5 Å². The molecule has 356 valence electrons. The van der Waals surface area contributed by atoms with Crippen LogP contribution in [0, 0.1) is 0 Å². The van der Waals surface area contributed by atoms with Gasteiger partial charge in [-0.15, -0.1) is 0 Å². The minimum absolute atomic E-state index is 0.207. The maximum atomic E-state index is 7.57. The summed E-state index contributed by atoms with van der Waals surface area (Å²) < 4.78 is 3.75. The van der Waals surface area contributed by atoms with Gasteiger partial charge in [0.25, 0.3) is 0 Å². The highest BCUT2D eigenvalue weighted by molar-refractivity contribution is 6.28. The van der Waals surface area contributed by atoms with E-state index in [4.69, 9.17) is 43.9 Å². The molecule has 16 heteroatoms. The topological polar surface area (TPSA) is 222 Å². The third-order valence-corrected chi connectivity index (χ3v) is 12.2. The first-order valence-electron chi connectivity index (χ1n) is 23.5. The number of nitrogens with zero attached hydrogens (tertiary/aromatic N) is 8. The number of aliphatic hydroxyl groups is 1. The molecule has 8 aromatic rings. The van der Waals surface area contributed by atoms with E-state index in [1.807, 2.05) is 47.5 Å². The van der Waals surface area contributed by atoms with E-state index < -0.39 is 0 Å². The molecule has 10 rings (SSSR count). The Bertz CT molecular complexity index is 2740. The van der Waals surface area contributed by atoms with Crippen molar-refractivity contribution in [1.82, 2.24) is 39.0 Å². The van der Waals surface area contributed by atoms with Gasteiger partial charge in [0.15, 0.2) is 34.0 Å². The number of nitrogens with one attached hydrogen (secondary N) is 3. The molecule has 2 aliphatic carbocycles. The summed E-state index contributed by atoms with van der Waals surface area (Å²) >= 11 is 6.02. The normalized spacial score (nSPS) is 17.7. The lowest BCUT2D eigenvalue weighted by Crippen LogP contribution is -2.33. The van der Waals surface area contributed by atoms with E-state index in [0.29, 0.717) is 60.2 Å². The maximum Gasteiger partial charge on any atom is 0.227 e. The second-order valence-corrected chi connectivity index (χ2v) is 17.7. The fraction of sp³-hybridized carbons (Fsp3) is 0.346. The molecular weight excluding hydrogens is 872 g/mol. The summed E-state index contributed by atoms with van der Waals surface area (Å²) in [5, 5.41) is 18.1. The number of hydrogen-bond acceptors (Lipinski definition) is 13. The second-order valence-electron chi connectivity index (χ2n) is 17.4. The van der Waals surface area contributed by atoms with E-state index in [1.165, 1.54) is 27.8 Å². The number of aromatic nitrogens is 8. The van der Waals surface area contributed by atoms with E-state index in [0.717, 1.165) is 73.9 Å². The summed E-state index contributed by atoms with van der Waals surface area (Å²) in [5.74, 6) is 2.03. The molecule has 0 spiro atoms. The Hall–Kier alpha value is -6.49. The fourth-order valence-corrected chi connectivity index (χ4v) is 8.32. The van der Waals surface area contributed by atoms with Gasteiger partial charge in [0.1, 0.15) is 0 Å². The Morgan fingerprint density at radius 3 is 1.37 bits per heavy atom. The fourth-order valence-electron chi connectivity index (χ4n) is 8.15. The first kappa shape index (κ1) is 49.4. The lowest BCUT2D eigenvalue weighted by atomic mass is 9.92. The van der Waals surface area contributed by atoms with Crippen LogP contribution < -0.4 is 33.2 Å². The third kappa shape index (κ3) is 13.8. The van der Waals surface area contributed by atoms with Gasteiger partial charge >= 0.3 is 0 Å². The number of aryl methyl sites for hydroxylation is 2. The van der Waals surface area contributed by atoms with E-state index in [9.17, 15) is 0 Å². The molecule has 0 unspecified atom stereocenters. The number of rotatable bonds is 10. The molecule has 2 saturated carbocycles. The van der Waals surface area contributed by atoms with Gasteiger partial charge in [-0.05, 0) is 103 Å². The second kappa shape index (κ2) is 24.5. The van der Waals surface area contributed by atoms with E-state index in [-0.39, 0.29) is 11.9 Å². The Morgan fingerprint density at radius 2 is 0.926 bits per heavy atom. The highest BCUT2D eigenvalue weighted by Crippen LogP contribution is 2.26. The summed E-state index contributed by atoms with van der Waals surface area (Å²) in [6, 6.07) is 39.3. The molecule has 4 aromatic carbocycles. The minimum atomic E-state index is 0.207. The zero-order valence-corrected chi connectivity index (χ0v) is 40.0. The number of fused-ring (bicyclic) bond motifs is 2. The predicted octanol–water partition coefficient (Wildman–Crippen LogP) is 8.83. The van der Waals surface area contributed by atoms with Crippen LogP contribution in [0.25, 0.3) is 44.6 Å². The van der Waals surface area contributed by atoms with Crippen molar-refractivity contribution in [2.45, 2.75) is 95.5 Å². The number of benzene rings is 4. The molecule has 10 N–H and O–H groups in total. The van der Waals surface area contributed by atoms with Crippen LogP contribution in [-0.4, -0.2) is 74.9 Å². The van der Waals surface area contributed by atoms with Crippen LogP contribution in [0.4, 0.5) is 17.6 Å². The molecule has 4 aromatic heterocycles. The highest BCUT2D eigenvalue weighted by atomic mass is 35.5. The Kier molecular flexibility index (Phi) is 17.8. The number of nitrogens with two attached hydrogens (primary N) is 3. The van der Waals surface area contributed by atoms with Gasteiger partial charge in [-0.2, -0.15) is 19.9 Å². The van der Waals surface area contributed by atoms with E-state index in [1.54, 1.807) is 19.6 Å². The Labute approximate surface area is 404 Å². The van der Waals surface area contributed by atoms with Crippen molar-refractivity contribution in [2.24, 2.45) is 31.3 Å². The average molecular weight is 938 g/mol. The first-order chi connectivity index (χ1) is 33.1. The number of anilines is 3. The van der Waals surface area contributed by atoms with Crippen LogP contribution in [0.1, 0.15) is 69.4 Å². The van der Waals surface area contributed by atoms with Crippen LogP contribution in [0.3, 0.4) is 0 Å². The molecule has 2 aliphatic rings. The predicted molar refractivity (Wildman–Crippen MR) is 277 cm³/mol. The van der Waals surface area contributed by atoms with Gasteiger partial charge in [0, 0.05) is 58.0 Å². The van der Waals surface area contributed by atoms with Gasteiger partial charge in [0.05, 0.1) is 12.7 Å². The molecule has 0 atom stereocenters. The summed E-state index contributed by atoms with van der Waals surface area (Å²) in [7, 11) is 3.84. The first-order valence-corrected chi connectivity index (χ1v) is 23.9. The van der Waals surface area contributed by atoms with Crippen molar-refractivity contribution in [3.8, 4) is 22.3 Å². The van der Waals surface area contributed by atoms with Crippen molar-refractivity contribution in [3.05, 3.63) is 138 Å². The van der Waals surface area contributed by atoms with Crippen LogP contribution in [-0.2, 0) is 27.2 Å². The Morgan fingerprint density at radius 1 is 0.544 bits per heavy atom. The Balaban J connectivity index is 0.000000168. The van der Waals surface area contributed by atoms with Crippen LogP contribution in [0.15, 0.2) is 122 Å². The average Bonchev–Trinajstić information content (AvgIpc) is 3.94. The minimum Gasteiger partial charge on any atom is -0.397 e. The molecule has 0 amide bonds. The van der Waals surface area contributed by atoms with Gasteiger partial charge in [-0.3, -0.25) is 0 Å². The monoisotopic (exact) mass is 937 g/mol. The van der Waals surface area contributed by atoms with Crippen molar-refractivity contribution in [2.75, 3.05) is 22.6 Å². The van der Waals surface area contributed by atoms with Gasteiger partial charge < -0.3 is 47.4 Å². The lowest BCUT2D eigenvalue weighted by molar-refractivity contribution is 0.318. The largest absolute Gasteiger partial charge is 0.397 e. The molecule has 4 heterocycles. The molecule has 2 fully saturated rings. The molecule has 15 nitrogen and oxygen atoms in total. The van der Waals surface area contributed by atoms with E-state index in [2.05, 4.69) is 121 Å². The molecule has 0 saturated heterocycles. The molecule has 0 radical (unpaired) electrons. The molecular formula is C52H65ClN14O. The van der Waals surface area contributed by atoms with Crippen molar-refractivity contribution < 1.29 is 5.11 Å². The smallest absolute Gasteiger partial charge is 0.227 e. The highest BCUT2D eigenvalue weighted by Gasteiger charge is 2.21. The summed E-state index contributed by atoms with van der Waals surface area (Å²) in [6.45, 7) is 3.23. The van der Waals surface area contributed by atoms with Gasteiger partial charge in [-0.1, -0.05) is 109 Å². The number of aliphatic hydroxyl groups excluding tert-OH is 1. The SMILES string of the molecule is CCO.Cn1cnc2c(NCc3ccc(-c4ccccc4)cc3)nc(Cl)nc21.Cn1cnc2c(NCc3ccc(-c4ccccc4)cc3)nc(NC3CCC(N)CC3)nc21.NC1CCC(N)CC1. The molecule has 68 heavy (non-hydrogen) atoms. The van der Waals surface area contributed by atoms with Crippen LogP contribution >= 0.6 is 11.6 Å². The maximum absolute atomic E-state index is 7.57.